The minimum Gasteiger partial charge on any atom is -0.393 e. The van der Waals surface area contributed by atoms with Gasteiger partial charge in [0.2, 0.25) is 0 Å². The Bertz CT molecular complexity index is 998. The molecule has 1 aliphatic carbocycles. The molecular weight excluding hydrogens is 284 g/mol. The summed E-state index contributed by atoms with van der Waals surface area (Å²) in [6.07, 6.45) is 2.42. The summed E-state index contributed by atoms with van der Waals surface area (Å²) >= 11 is 0. The molecule has 0 saturated heterocycles. The molecule has 0 amide bonds. The predicted octanol–water partition coefficient (Wildman–Crippen LogP) is 1.95. The van der Waals surface area contributed by atoms with Crippen LogP contribution in [0.25, 0.3) is 22.4 Å². The van der Waals surface area contributed by atoms with Crippen molar-refractivity contribution in [2.24, 2.45) is 0 Å². The van der Waals surface area contributed by atoms with Gasteiger partial charge < -0.3 is 10.2 Å². The van der Waals surface area contributed by atoms with E-state index >= 15 is 0 Å². The SMILES string of the molecule is OCC1(O)CC=c2ccccc2=C1c1cccc2ccccc12. The van der Waals surface area contributed by atoms with E-state index in [1.54, 1.807) is 0 Å². The second-order valence-corrected chi connectivity index (χ2v) is 6.09. The summed E-state index contributed by atoms with van der Waals surface area (Å²) in [6, 6.07) is 22.3. The molecule has 4 rings (SSSR count). The molecule has 0 fully saturated rings. The fourth-order valence-corrected chi connectivity index (χ4v) is 3.52. The Kier molecular flexibility index (Phi) is 3.29. The molecule has 2 heteroatoms. The van der Waals surface area contributed by atoms with Crippen LogP contribution in [0.2, 0.25) is 0 Å². The third-order valence-electron chi connectivity index (χ3n) is 4.68. The third kappa shape index (κ3) is 2.19. The summed E-state index contributed by atoms with van der Waals surface area (Å²) in [5.74, 6) is 0. The van der Waals surface area contributed by atoms with E-state index in [1.807, 2.05) is 48.5 Å². The lowest BCUT2D eigenvalue weighted by atomic mass is 9.79. The van der Waals surface area contributed by atoms with Crippen LogP contribution < -0.4 is 10.4 Å². The molecule has 3 aromatic carbocycles. The third-order valence-corrected chi connectivity index (χ3v) is 4.68. The van der Waals surface area contributed by atoms with Crippen molar-refractivity contribution < 1.29 is 10.2 Å². The lowest BCUT2D eigenvalue weighted by Gasteiger charge is -2.31. The number of benzene rings is 3. The van der Waals surface area contributed by atoms with Gasteiger partial charge in [-0.15, -0.1) is 0 Å². The molecule has 0 heterocycles. The van der Waals surface area contributed by atoms with E-state index in [-0.39, 0.29) is 6.61 Å². The molecule has 0 radical (unpaired) electrons. The second-order valence-electron chi connectivity index (χ2n) is 6.09. The van der Waals surface area contributed by atoms with Crippen molar-refractivity contribution in [1.82, 2.24) is 0 Å². The number of aliphatic hydroxyl groups excluding tert-OH is 1. The predicted molar refractivity (Wildman–Crippen MR) is 93.3 cm³/mol. The summed E-state index contributed by atoms with van der Waals surface area (Å²) in [5, 5.41) is 25.3. The van der Waals surface area contributed by atoms with Gasteiger partial charge in [0, 0.05) is 12.0 Å². The van der Waals surface area contributed by atoms with Gasteiger partial charge in [0.15, 0.2) is 0 Å². The van der Waals surface area contributed by atoms with Crippen LogP contribution in [0.15, 0.2) is 66.7 Å². The molecule has 0 saturated carbocycles. The summed E-state index contributed by atoms with van der Waals surface area (Å²) in [7, 11) is 0. The Morgan fingerprint density at radius 2 is 1.61 bits per heavy atom. The molecule has 3 aromatic rings. The van der Waals surface area contributed by atoms with Crippen LogP contribution in [0.1, 0.15) is 12.0 Å². The normalized spacial score (nSPS) is 20.2. The van der Waals surface area contributed by atoms with Crippen molar-refractivity contribution in [3.05, 3.63) is 82.7 Å². The molecule has 1 aliphatic rings. The lowest BCUT2D eigenvalue weighted by Crippen LogP contribution is -2.45. The van der Waals surface area contributed by atoms with Crippen LogP contribution in [-0.4, -0.2) is 22.4 Å². The highest BCUT2D eigenvalue weighted by Crippen LogP contribution is 2.33. The zero-order chi connectivity index (χ0) is 15.9. The van der Waals surface area contributed by atoms with Gasteiger partial charge in [-0.2, -0.15) is 0 Å². The van der Waals surface area contributed by atoms with Crippen LogP contribution in [0.5, 0.6) is 0 Å². The number of aliphatic hydroxyl groups is 2. The van der Waals surface area contributed by atoms with Gasteiger partial charge in [-0.05, 0) is 26.8 Å². The van der Waals surface area contributed by atoms with Crippen LogP contribution in [0.3, 0.4) is 0 Å². The first-order chi connectivity index (χ1) is 11.2. The van der Waals surface area contributed by atoms with E-state index in [2.05, 4.69) is 24.3 Å². The van der Waals surface area contributed by atoms with Gasteiger partial charge in [0.1, 0.15) is 5.60 Å². The fraction of sp³-hybridized carbons (Fsp3) is 0.143. The Morgan fingerprint density at radius 1 is 0.870 bits per heavy atom. The van der Waals surface area contributed by atoms with Gasteiger partial charge in [-0.25, -0.2) is 0 Å². The molecule has 23 heavy (non-hydrogen) atoms. The van der Waals surface area contributed by atoms with E-state index in [4.69, 9.17) is 0 Å². The van der Waals surface area contributed by atoms with Crippen molar-refractivity contribution in [1.29, 1.82) is 0 Å². The molecule has 2 N–H and O–H groups in total. The number of rotatable bonds is 2. The Hall–Kier alpha value is -2.42. The van der Waals surface area contributed by atoms with Crippen LogP contribution in [0.4, 0.5) is 0 Å². The van der Waals surface area contributed by atoms with E-state index in [9.17, 15) is 10.2 Å². The quantitative estimate of drug-likeness (QED) is 0.759. The van der Waals surface area contributed by atoms with Gasteiger partial charge in [0.25, 0.3) is 0 Å². The van der Waals surface area contributed by atoms with Gasteiger partial charge >= 0.3 is 0 Å². The lowest BCUT2D eigenvalue weighted by molar-refractivity contribution is 0.0404. The van der Waals surface area contributed by atoms with Gasteiger partial charge in [-0.1, -0.05) is 72.8 Å². The smallest absolute Gasteiger partial charge is 0.117 e. The average Bonchev–Trinajstić information content (AvgIpc) is 2.61. The second kappa shape index (κ2) is 5.34. The zero-order valence-corrected chi connectivity index (χ0v) is 12.7. The highest BCUT2D eigenvalue weighted by molar-refractivity contribution is 5.95. The Labute approximate surface area is 134 Å². The van der Waals surface area contributed by atoms with Crippen molar-refractivity contribution >= 4 is 22.4 Å². The summed E-state index contributed by atoms with van der Waals surface area (Å²) < 4.78 is 0. The maximum absolute atomic E-state index is 11.1. The van der Waals surface area contributed by atoms with Crippen molar-refractivity contribution in [2.75, 3.05) is 6.61 Å². The molecule has 0 aromatic heterocycles. The first-order valence-electron chi connectivity index (χ1n) is 7.84. The minimum absolute atomic E-state index is 0.295. The van der Waals surface area contributed by atoms with Gasteiger partial charge in [0.05, 0.1) is 6.61 Å². The maximum Gasteiger partial charge on any atom is 0.117 e. The molecule has 1 atom stereocenters. The Balaban J connectivity index is 2.18. The van der Waals surface area contributed by atoms with E-state index in [0.717, 1.165) is 32.3 Å². The summed E-state index contributed by atoms with van der Waals surface area (Å²) in [5.41, 5.74) is 0.550. The van der Waals surface area contributed by atoms with E-state index in [1.165, 1.54) is 0 Å². The Morgan fingerprint density at radius 3 is 2.48 bits per heavy atom. The molecule has 0 bridgehead atoms. The minimum atomic E-state index is -1.25. The monoisotopic (exact) mass is 302 g/mol. The summed E-state index contributed by atoms with van der Waals surface area (Å²) in [4.78, 5) is 0. The fourth-order valence-electron chi connectivity index (χ4n) is 3.52. The average molecular weight is 302 g/mol. The van der Waals surface area contributed by atoms with Crippen LogP contribution in [-0.2, 0) is 0 Å². The van der Waals surface area contributed by atoms with Crippen molar-refractivity contribution in [2.45, 2.75) is 12.0 Å². The van der Waals surface area contributed by atoms with Crippen LogP contribution >= 0.6 is 0 Å². The van der Waals surface area contributed by atoms with Crippen LogP contribution in [0, 0.1) is 0 Å². The maximum atomic E-state index is 11.1. The molecule has 1 unspecified atom stereocenters. The number of fused-ring (bicyclic) bond motifs is 2. The number of hydrogen-bond donors (Lipinski definition) is 2. The molecule has 0 aliphatic heterocycles. The summed E-state index contributed by atoms with van der Waals surface area (Å²) in [6.45, 7) is -0.295. The molecular formula is C21H18O2. The standard InChI is InChI=1S/C21H18O2/c22-14-21(23)13-12-16-7-2-4-10-18(16)20(21)19-11-5-8-15-6-1-3-9-17(15)19/h1-12,22-23H,13-14H2. The first kappa shape index (κ1) is 14.2. The van der Waals surface area contributed by atoms with Crippen molar-refractivity contribution in [3.8, 4) is 0 Å². The largest absolute Gasteiger partial charge is 0.393 e. The highest BCUT2D eigenvalue weighted by atomic mass is 16.3. The van der Waals surface area contributed by atoms with Crippen molar-refractivity contribution in [3.63, 3.8) is 0 Å². The van der Waals surface area contributed by atoms with E-state index < -0.39 is 5.60 Å². The topological polar surface area (TPSA) is 40.5 Å². The zero-order valence-electron chi connectivity index (χ0n) is 12.7. The first-order valence-corrected chi connectivity index (χ1v) is 7.84. The van der Waals surface area contributed by atoms with Gasteiger partial charge in [-0.3, -0.25) is 0 Å². The van der Waals surface area contributed by atoms with E-state index in [0.29, 0.717) is 6.42 Å². The highest BCUT2D eigenvalue weighted by Gasteiger charge is 2.34. The molecule has 0 spiro atoms. The molecule has 114 valence electrons. The number of hydrogen-bond acceptors (Lipinski definition) is 2. The molecule has 2 nitrogen and oxygen atoms in total.